The number of fused-ring (bicyclic) bond motifs is 1. The van der Waals surface area contributed by atoms with Gasteiger partial charge in [-0.3, -0.25) is 4.79 Å². The number of aromatic amines is 1. The first-order chi connectivity index (χ1) is 12.3. The molecule has 26 heavy (non-hydrogen) atoms. The second kappa shape index (κ2) is 7.90. The maximum atomic E-state index is 12.7. The Labute approximate surface area is 151 Å². The molecule has 4 N–H and O–H groups in total. The molecule has 0 aliphatic heterocycles. The van der Waals surface area contributed by atoms with Crippen LogP contribution in [0, 0.1) is 0 Å². The SMILES string of the molecule is CCOC(=O)C(Cc1c[nH]c2cc(N)ccc12)(NC(C)=O)C(=O)OCC. The number of benzene rings is 1. The number of esters is 2. The van der Waals surface area contributed by atoms with Gasteiger partial charge in [0.25, 0.3) is 0 Å². The molecule has 0 radical (unpaired) electrons. The molecule has 0 atom stereocenters. The number of H-pyrrole nitrogens is 1. The number of carbonyl (C=O) groups excluding carboxylic acids is 3. The molecule has 0 spiro atoms. The molecule has 2 aromatic rings. The second-order valence-corrected chi connectivity index (χ2v) is 5.82. The summed E-state index contributed by atoms with van der Waals surface area (Å²) in [6.07, 6.45) is 1.55. The molecule has 0 unspecified atom stereocenters. The van der Waals surface area contributed by atoms with Gasteiger partial charge in [-0.15, -0.1) is 0 Å². The van der Waals surface area contributed by atoms with Crippen molar-refractivity contribution in [3.8, 4) is 0 Å². The summed E-state index contributed by atoms with van der Waals surface area (Å²) in [4.78, 5) is 40.1. The van der Waals surface area contributed by atoms with E-state index in [1.54, 1.807) is 38.2 Å². The number of carbonyl (C=O) groups is 3. The Balaban J connectivity index is 2.54. The molecule has 0 saturated carbocycles. The number of anilines is 1. The van der Waals surface area contributed by atoms with Crippen molar-refractivity contribution in [2.45, 2.75) is 32.7 Å². The molecule has 0 bridgehead atoms. The average molecular weight is 361 g/mol. The molecule has 1 amide bonds. The fourth-order valence-electron chi connectivity index (χ4n) is 2.82. The lowest BCUT2D eigenvalue weighted by Gasteiger charge is -2.29. The maximum absolute atomic E-state index is 12.7. The second-order valence-electron chi connectivity index (χ2n) is 5.82. The highest BCUT2D eigenvalue weighted by atomic mass is 16.6. The first-order valence-electron chi connectivity index (χ1n) is 8.32. The number of hydrogen-bond acceptors (Lipinski definition) is 6. The van der Waals surface area contributed by atoms with Gasteiger partial charge in [0.15, 0.2) is 0 Å². The molecule has 8 nitrogen and oxygen atoms in total. The summed E-state index contributed by atoms with van der Waals surface area (Å²) in [6.45, 7) is 4.59. The van der Waals surface area contributed by atoms with E-state index in [4.69, 9.17) is 15.2 Å². The van der Waals surface area contributed by atoms with Crippen molar-refractivity contribution in [3.05, 3.63) is 30.0 Å². The lowest BCUT2D eigenvalue weighted by molar-refractivity contribution is -0.167. The van der Waals surface area contributed by atoms with E-state index in [0.717, 1.165) is 10.9 Å². The first-order valence-corrected chi connectivity index (χ1v) is 8.32. The molecule has 0 aliphatic rings. The van der Waals surface area contributed by atoms with Crippen LogP contribution >= 0.6 is 0 Å². The predicted molar refractivity (Wildman–Crippen MR) is 96.2 cm³/mol. The molecular weight excluding hydrogens is 338 g/mol. The first kappa shape index (κ1) is 19.3. The molecule has 8 heteroatoms. The topological polar surface area (TPSA) is 124 Å². The van der Waals surface area contributed by atoms with Crippen molar-refractivity contribution in [1.29, 1.82) is 0 Å². The van der Waals surface area contributed by atoms with Gasteiger partial charge in [-0.2, -0.15) is 0 Å². The third kappa shape index (κ3) is 3.79. The highest BCUT2D eigenvalue weighted by molar-refractivity contribution is 6.08. The Bertz CT molecular complexity index is 809. The van der Waals surface area contributed by atoms with Gasteiger partial charge in [-0.05, 0) is 31.5 Å². The number of amides is 1. The van der Waals surface area contributed by atoms with E-state index < -0.39 is 23.4 Å². The summed E-state index contributed by atoms with van der Waals surface area (Å²) in [7, 11) is 0. The van der Waals surface area contributed by atoms with Crippen molar-refractivity contribution in [2.75, 3.05) is 18.9 Å². The van der Waals surface area contributed by atoms with Gasteiger partial charge in [0.2, 0.25) is 11.4 Å². The fraction of sp³-hybridized carbons (Fsp3) is 0.389. The summed E-state index contributed by atoms with van der Waals surface area (Å²) >= 11 is 0. The van der Waals surface area contributed by atoms with Crippen LogP contribution in [-0.4, -0.2) is 41.6 Å². The van der Waals surface area contributed by atoms with Crippen molar-refractivity contribution < 1.29 is 23.9 Å². The van der Waals surface area contributed by atoms with Crippen LogP contribution in [0.5, 0.6) is 0 Å². The Hall–Kier alpha value is -3.03. The number of rotatable bonds is 7. The summed E-state index contributed by atoms with van der Waals surface area (Å²) in [5, 5.41) is 3.23. The summed E-state index contributed by atoms with van der Waals surface area (Å²) in [5.74, 6) is -2.27. The van der Waals surface area contributed by atoms with Crippen LogP contribution < -0.4 is 11.1 Å². The molecule has 1 aromatic heterocycles. The van der Waals surface area contributed by atoms with Gasteiger partial charge in [0.1, 0.15) is 0 Å². The number of nitrogens with one attached hydrogen (secondary N) is 2. The fourth-order valence-corrected chi connectivity index (χ4v) is 2.82. The molecular formula is C18H23N3O5. The van der Waals surface area contributed by atoms with Crippen LogP contribution in [0.2, 0.25) is 0 Å². The van der Waals surface area contributed by atoms with Crippen LogP contribution in [-0.2, 0) is 30.3 Å². The van der Waals surface area contributed by atoms with Crippen molar-refractivity contribution in [3.63, 3.8) is 0 Å². The third-order valence-corrected chi connectivity index (χ3v) is 3.88. The number of hydrogen-bond donors (Lipinski definition) is 3. The van der Waals surface area contributed by atoms with Gasteiger partial charge >= 0.3 is 11.9 Å². The van der Waals surface area contributed by atoms with Gasteiger partial charge < -0.3 is 25.5 Å². The van der Waals surface area contributed by atoms with Crippen LogP contribution in [0.4, 0.5) is 5.69 Å². The molecule has 0 saturated heterocycles. The predicted octanol–water partition coefficient (Wildman–Crippen LogP) is 1.29. The Morgan fingerprint density at radius 3 is 2.31 bits per heavy atom. The van der Waals surface area contributed by atoms with Crippen molar-refractivity contribution in [2.24, 2.45) is 0 Å². The van der Waals surface area contributed by atoms with Crippen molar-refractivity contribution >= 4 is 34.4 Å². The third-order valence-electron chi connectivity index (χ3n) is 3.88. The quantitative estimate of drug-likeness (QED) is 0.388. The molecule has 2 rings (SSSR count). The molecule has 140 valence electrons. The zero-order valence-corrected chi connectivity index (χ0v) is 15.0. The normalized spacial score (nSPS) is 11.2. The number of aromatic nitrogens is 1. The lowest BCUT2D eigenvalue weighted by atomic mass is 9.90. The Kier molecular flexibility index (Phi) is 5.86. The zero-order valence-electron chi connectivity index (χ0n) is 15.0. The summed E-state index contributed by atoms with van der Waals surface area (Å²) in [6, 6.07) is 5.24. The molecule has 1 heterocycles. The van der Waals surface area contributed by atoms with Gasteiger partial charge in [-0.25, -0.2) is 9.59 Å². The Morgan fingerprint density at radius 1 is 1.15 bits per heavy atom. The van der Waals surface area contributed by atoms with E-state index in [0.29, 0.717) is 11.3 Å². The van der Waals surface area contributed by atoms with E-state index in [2.05, 4.69) is 10.3 Å². The largest absolute Gasteiger partial charge is 0.464 e. The van der Waals surface area contributed by atoms with Crippen LogP contribution in [0.25, 0.3) is 10.9 Å². The number of nitrogen functional groups attached to an aromatic ring is 1. The van der Waals surface area contributed by atoms with Crippen LogP contribution in [0.15, 0.2) is 24.4 Å². The zero-order chi connectivity index (χ0) is 19.3. The minimum atomic E-state index is -1.96. The molecule has 0 aliphatic carbocycles. The monoisotopic (exact) mass is 361 g/mol. The van der Waals surface area contributed by atoms with Crippen LogP contribution in [0.3, 0.4) is 0 Å². The van der Waals surface area contributed by atoms with E-state index in [1.165, 1.54) is 6.92 Å². The van der Waals surface area contributed by atoms with E-state index in [9.17, 15) is 14.4 Å². The molecule has 0 fully saturated rings. The standard InChI is InChI=1S/C18H23N3O5/c1-4-25-16(23)18(21-11(3)22,17(24)26-5-2)9-12-10-20-15-8-13(19)6-7-14(12)15/h6-8,10,20H,4-5,9,19H2,1-3H3,(H,21,22). The summed E-state index contributed by atoms with van der Waals surface area (Å²) in [5.41, 5.74) is 5.79. The molecule has 1 aromatic carbocycles. The minimum absolute atomic E-state index is 0.0595. The van der Waals surface area contributed by atoms with E-state index in [-0.39, 0.29) is 19.6 Å². The number of nitrogens with two attached hydrogens (primary N) is 1. The van der Waals surface area contributed by atoms with Gasteiger partial charge in [0.05, 0.1) is 13.2 Å². The van der Waals surface area contributed by atoms with Crippen LogP contribution in [0.1, 0.15) is 26.3 Å². The Morgan fingerprint density at radius 2 is 1.77 bits per heavy atom. The maximum Gasteiger partial charge on any atom is 0.344 e. The minimum Gasteiger partial charge on any atom is -0.464 e. The van der Waals surface area contributed by atoms with Gasteiger partial charge in [-0.1, -0.05) is 6.07 Å². The van der Waals surface area contributed by atoms with E-state index >= 15 is 0 Å². The van der Waals surface area contributed by atoms with Crippen molar-refractivity contribution in [1.82, 2.24) is 10.3 Å². The smallest absolute Gasteiger partial charge is 0.344 e. The average Bonchev–Trinajstić information content (AvgIpc) is 2.95. The van der Waals surface area contributed by atoms with E-state index in [1.807, 2.05) is 0 Å². The summed E-state index contributed by atoms with van der Waals surface area (Å²) < 4.78 is 10.1. The highest BCUT2D eigenvalue weighted by Gasteiger charge is 2.50. The lowest BCUT2D eigenvalue weighted by Crippen LogP contribution is -2.62. The van der Waals surface area contributed by atoms with Gasteiger partial charge in [0, 0.05) is 36.1 Å². The number of ether oxygens (including phenoxy) is 2. The highest BCUT2D eigenvalue weighted by Crippen LogP contribution is 2.26.